The Balaban J connectivity index is 1.32. The van der Waals surface area contributed by atoms with Gasteiger partial charge < -0.3 is 19.5 Å². The fourth-order valence-corrected chi connectivity index (χ4v) is 4.00. The maximum atomic E-state index is 12.5. The van der Waals surface area contributed by atoms with Crippen LogP contribution < -0.4 is 5.32 Å². The number of urea groups is 1. The van der Waals surface area contributed by atoms with Gasteiger partial charge in [-0.25, -0.2) is 9.59 Å². The lowest BCUT2D eigenvalue weighted by Crippen LogP contribution is -2.55. The summed E-state index contributed by atoms with van der Waals surface area (Å²) in [5, 5.41) is 11.2. The van der Waals surface area contributed by atoms with E-state index in [0.29, 0.717) is 38.8 Å². The molecule has 3 amide bonds. The molecule has 3 fully saturated rings. The first-order valence-electron chi connectivity index (χ1n) is 9.07. The van der Waals surface area contributed by atoms with Crippen LogP contribution in [0.5, 0.6) is 0 Å². The summed E-state index contributed by atoms with van der Waals surface area (Å²) in [5.41, 5.74) is 0. The van der Waals surface area contributed by atoms with E-state index in [9.17, 15) is 9.59 Å². The quantitative estimate of drug-likeness (QED) is 0.884. The molecule has 2 aliphatic heterocycles. The molecule has 4 rings (SSSR count). The Morgan fingerprint density at radius 3 is 2.92 bits per heavy atom. The zero-order valence-electron chi connectivity index (χ0n) is 14.3. The van der Waals surface area contributed by atoms with Crippen LogP contribution in [0.4, 0.5) is 9.59 Å². The van der Waals surface area contributed by atoms with E-state index in [1.807, 2.05) is 0 Å². The molecule has 1 aromatic rings. The summed E-state index contributed by atoms with van der Waals surface area (Å²) in [6, 6.07) is 0.288. The number of rotatable bonds is 3. The summed E-state index contributed by atoms with van der Waals surface area (Å²) in [6.07, 6.45) is 7.57. The van der Waals surface area contributed by atoms with Crippen LogP contribution in [-0.4, -0.2) is 69.0 Å². The zero-order valence-corrected chi connectivity index (χ0v) is 14.3. The molecule has 0 spiro atoms. The third-order valence-electron chi connectivity index (χ3n) is 5.42. The number of nitrogens with zero attached hydrogens (tertiary/aromatic N) is 5. The van der Waals surface area contributed by atoms with Gasteiger partial charge in [-0.1, -0.05) is 19.3 Å². The molecular formula is C16H24N6O3. The lowest BCUT2D eigenvalue weighted by Gasteiger charge is -2.35. The van der Waals surface area contributed by atoms with Crippen molar-refractivity contribution >= 4 is 12.1 Å². The van der Waals surface area contributed by atoms with Crippen molar-refractivity contribution in [2.24, 2.45) is 0 Å². The van der Waals surface area contributed by atoms with E-state index < -0.39 is 0 Å². The van der Waals surface area contributed by atoms with E-state index in [1.165, 1.54) is 19.3 Å². The highest BCUT2D eigenvalue weighted by atomic mass is 16.6. The Morgan fingerprint density at radius 2 is 2.08 bits per heavy atom. The van der Waals surface area contributed by atoms with Gasteiger partial charge in [0.2, 0.25) is 0 Å². The predicted octanol–water partition coefficient (Wildman–Crippen LogP) is 1.13. The van der Waals surface area contributed by atoms with Crippen LogP contribution in [0.2, 0.25) is 0 Å². The number of aromatic nitrogens is 3. The molecule has 0 unspecified atom stereocenters. The van der Waals surface area contributed by atoms with Crippen LogP contribution in [0.15, 0.2) is 6.33 Å². The second-order valence-electron chi connectivity index (χ2n) is 6.98. The van der Waals surface area contributed by atoms with Gasteiger partial charge in [0.15, 0.2) is 5.82 Å². The molecule has 3 aliphatic rings. The molecule has 1 atom stereocenters. The second-order valence-corrected chi connectivity index (χ2v) is 6.98. The Labute approximate surface area is 146 Å². The highest BCUT2D eigenvalue weighted by molar-refractivity contribution is 5.75. The van der Waals surface area contributed by atoms with Crippen LogP contribution >= 0.6 is 0 Å². The lowest BCUT2D eigenvalue weighted by atomic mass is 9.95. The maximum absolute atomic E-state index is 12.5. The fraction of sp³-hybridized carbons (Fsp3) is 0.750. The van der Waals surface area contributed by atoms with Crippen LogP contribution in [-0.2, 0) is 11.3 Å². The number of hydrogen-bond donors (Lipinski definition) is 1. The van der Waals surface area contributed by atoms with Gasteiger partial charge in [0.25, 0.3) is 0 Å². The van der Waals surface area contributed by atoms with Gasteiger partial charge >= 0.3 is 12.1 Å². The van der Waals surface area contributed by atoms with Crippen LogP contribution in [0.3, 0.4) is 0 Å². The first-order chi connectivity index (χ1) is 12.2. The van der Waals surface area contributed by atoms with E-state index in [4.69, 9.17) is 4.74 Å². The molecule has 1 N–H and O–H groups in total. The predicted molar refractivity (Wildman–Crippen MR) is 87.8 cm³/mol. The molecule has 2 saturated heterocycles. The van der Waals surface area contributed by atoms with Crippen molar-refractivity contribution in [1.29, 1.82) is 0 Å². The number of fused-ring (bicyclic) bond motifs is 1. The van der Waals surface area contributed by atoms with Crippen molar-refractivity contribution in [3.05, 3.63) is 12.2 Å². The number of carbonyl (C=O) groups is 2. The molecule has 25 heavy (non-hydrogen) atoms. The van der Waals surface area contributed by atoms with Crippen molar-refractivity contribution in [3.8, 4) is 0 Å². The first-order valence-corrected chi connectivity index (χ1v) is 9.07. The third kappa shape index (κ3) is 3.27. The van der Waals surface area contributed by atoms with Crippen LogP contribution in [0, 0.1) is 0 Å². The summed E-state index contributed by atoms with van der Waals surface area (Å²) in [6.45, 7) is 2.28. The smallest absolute Gasteiger partial charge is 0.410 e. The van der Waals surface area contributed by atoms with E-state index in [1.54, 1.807) is 16.1 Å². The monoisotopic (exact) mass is 348 g/mol. The van der Waals surface area contributed by atoms with Crippen molar-refractivity contribution in [2.45, 2.75) is 50.7 Å². The lowest BCUT2D eigenvalue weighted by molar-refractivity contribution is 0.127. The van der Waals surface area contributed by atoms with Gasteiger partial charge in [-0.05, 0) is 12.8 Å². The van der Waals surface area contributed by atoms with Gasteiger partial charge in [0, 0.05) is 25.7 Å². The Kier molecular flexibility index (Phi) is 4.46. The van der Waals surface area contributed by atoms with Gasteiger partial charge in [-0.3, -0.25) is 4.90 Å². The van der Waals surface area contributed by atoms with Gasteiger partial charge in [-0.2, -0.15) is 0 Å². The number of piperazine rings is 1. The van der Waals surface area contributed by atoms with Gasteiger partial charge in [0.1, 0.15) is 12.9 Å². The van der Waals surface area contributed by atoms with Gasteiger partial charge in [0.05, 0.1) is 12.6 Å². The topological polar surface area (TPSA) is 92.6 Å². The standard InChI is InChI=1S/C16H24N6O3/c23-15(20-6-7-21-13(9-20)10-25-16(21)24)17-8-14-19-18-11-22(14)12-4-2-1-3-5-12/h11-13H,1-10H2,(H,17,23)/t13-/m1/s1. The Hall–Kier alpha value is -2.32. The van der Waals surface area contributed by atoms with Crippen molar-refractivity contribution in [1.82, 2.24) is 29.9 Å². The molecule has 0 aromatic carbocycles. The molecule has 3 heterocycles. The minimum Gasteiger partial charge on any atom is -0.447 e. The molecule has 1 aliphatic carbocycles. The average Bonchev–Trinajstić information content (AvgIpc) is 3.27. The second kappa shape index (κ2) is 6.89. The summed E-state index contributed by atoms with van der Waals surface area (Å²) >= 11 is 0. The van der Waals surface area contributed by atoms with Crippen molar-refractivity contribution < 1.29 is 14.3 Å². The van der Waals surface area contributed by atoms with Crippen molar-refractivity contribution in [3.63, 3.8) is 0 Å². The Bertz CT molecular complexity index is 642. The molecule has 1 saturated carbocycles. The van der Waals surface area contributed by atoms with E-state index >= 15 is 0 Å². The number of hydrogen-bond acceptors (Lipinski definition) is 5. The van der Waals surface area contributed by atoms with E-state index in [2.05, 4.69) is 20.1 Å². The van der Waals surface area contributed by atoms with E-state index in [-0.39, 0.29) is 18.2 Å². The average molecular weight is 348 g/mol. The Morgan fingerprint density at radius 1 is 1.24 bits per heavy atom. The molecule has 0 bridgehead atoms. The SMILES string of the molecule is O=C(NCc1nncn1C1CCCCC1)N1CCN2C(=O)OC[C@H]2C1. The number of amides is 3. The number of ether oxygens (including phenoxy) is 1. The molecule has 136 valence electrons. The molecular weight excluding hydrogens is 324 g/mol. The summed E-state index contributed by atoms with van der Waals surface area (Å²) < 4.78 is 7.15. The third-order valence-corrected chi connectivity index (χ3v) is 5.42. The highest BCUT2D eigenvalue weighted by Gasteiger charge is 2.38. The molecule has 9 heteroatoms. The van der Waals surface area contributed by atoms with Crippen molar-refractivity contribution in [2.75, 3.05) is 26.2 Å². The summed E-state index contributed by atoms with van der Waals surface area (Å²) in [7, 11) is 0. The van der Waals surface area contributed by atoms with Crippen LogP contribution in [0.25, 0.3) is 0 Å². The minimum absolute atomic E-state index is 0.0297. The fourth-order valence-electron chi connectivity index (χ4n) is 4.00. The minimum atomic E-state index is -0.273. The maximum Gasteiger partial charge on any atom is 0.410 e. The van der Waals surface area contributed by atoms with Crippen LogP contribution in [0.1, 0.15) is 44.0 Å². The molecule has 1 aromatic heterocycles. The number of nitrogens with one attached hydrogen (secondary N) is 1. The number of carbonyl (C=O) groups excluding carboxylic acids is 2. The largest absolute Gasteiger partial charge is 0.447 e. The first kappa shape index (κ1) is 16.2. The summed E-state index contributed by atoms with van der Waals surface area (Å²) in [4.78, 5) is 27.4. The molecule has 9 nitrogen and oxygen atoms in total. The molecule has 0 radical (unpaired) electrons. The number of cyclic esters (lactones) is 1. The summed E-state index contributed by atoms with van der Waals surface area (Å²) in [5.74, 6) is 0.804. The normalized spacial score (nSPS) is 24.2. The zero-order chi connectivity index (χ0) is 17.2. The van der Waals surface area contributed by atoms with Gasteiger partial charge in [-0.15, -0.1) is 10.2 Å². The van der Waals surface area contributed by atoms with E-state index in [0.717, 1.165) is 18.7 Å². The highest BCUT2D eigenvalue weighted by Crippen LogP contribution is 2.28.